The first-order valence-corrected chi connectivity index (χ1v) is 9.51. The predicted molar refractivity (Wildman–Crippen MR) is 92.6 cm³/mol. The lowest BCUT2D eigenvalue weighted by molar-refractivity contribution is 0.974. The van der Waals surface area contributed by atoms with E-state index in [0.29, 0.717) is 0 Å². The van der Waals surface area contributed by atoms with E-state index in [0.717, 1.165) is 32.4 Å². The number of benzene rings is 1. The summed E-state index contributed by atoms with van der Waals surface area (Å²) in [5.74, 6) is 2.82. The Kier molecular flexibility index (Phi) is 5.24. The van der Waals surface area contributed by atoms with Crippen molar-refractivity contribution in [2.75, 3.05) is 11.5 Å². The molecule has 0 saturated heterocycles. The Bertz CT molecular complexity index is 680. The molecule has 1 N–H and O–H groups in total. The van der Waals surface area contributed by atoms with Crippen LogP contribution in [-0.4, -0.2) is 26.7 Å². The highest BCUT2D eigenvalue weighted by Crippen LogP contribution is 2.25. The highest BCUT2D eigenvalue weighted by molar-refractivity contribution is 8.02. The summed E-state index contributed by atoms with van der Waals surface area (Å²) in [5.41, 5.74) is 0. The molecular formula is C14H12ClN3S3. The van der Waals surface area contributed by atoms with Gasteiger partial charge in [0.15, 0.2) is 5.82 Å². The van der Waals surface area contributed by atoms with Gasteiger partial charge in [0.1, 0.15) is 0 Å². The van der Waals surface area contributed by atoms with Crippen LogP contribution in [0.5, 0.6) is 0 Å². The molecule has 3 nitrogen and oxygen atoms in total. The van der Waals surface area contributed by atoms with Crippen LogP contribution in [0.25, 0.3) is 10.7 Å². The summed E-state index contributed by atoms with van der Waals surface area (Å²) >= 11 is 11.0. The van der Waals surface area contributed by atoms with Gasteiger partial charge in [-0.25, -0.2) is 4.98 Å². The van der Waals surface area contributed by atoms with E-state index < -0.39 is 0 Å². The molecule has 2 heterocycles. The van der Waals surface area contributed by atoms with Gasteiger partial charge in [0, 0.05) is 21.4 Å². The number of nitrogens with one attached hydrogen (secondary N) is 1. The van der Waals surface area contributed by atoms with Crippen molar-refractivity contribution in [3.63, 3.8) is 0 Å². The summed E-state index contributed by atoms with van der Waals surface area (Å²) in [6.07, 6.45) is 0. The van der Waals surface area contributed by atoms with Crippen molar-refractivity contribution in [3.8, 4) is 10.7 Å². The van der Waals surface area contributed by atoms with Crippen LogP contribution in [0.4, 0.5) is 0 Å². The second-order valence-corrected chi connectivity index (χ2v) is 7.71. The van der Waals surface area contributed by atoms with Crippen molar-refractivity contribution < 1.29 is 0 Å². The number of H-pyrrole nitrogens is 1. The minimum absolute atomic E-state index is 0.774. The van der Waals surface area contributed by atoms with Crippen LogP contribution < -0.4 is 0 Å². The smallest absolute Gasteiger partial charge is 0.208 e. The SMILES string of the molecule is Clc1ccc(SCCSc2n[nH]c(-c3cccs3)n2)cc1. The van der Waals surface area contributed by atoms with Gasteiger partial charge in [-0.05, 0) is 35.7 Å². The summed E-state index contributed by atoms with van der Waals surface area (Å²) in [6, 6.07) is 12.0. The van der Waals surface area contributed by atoms with Gasteiger partial charge in [-0.15, -0.1) is 28.2 Å². The van der Waals surface area contributed by atoms with Crippen LogP contribution in [0.3, 0.4) is 0 Å². The lowest BCUT2D eigenvalue weighted by atomic mass is 10.4. The minimum atomic E-state index is 0.774. The fraction of sp³-hybridized carbons (Fsp3) is 0.143. The van der Waals surface area contributed by atoms with Crippen LogP contribution >= 0.6 is 46.5 Å². The topological polar surface area (TPSA) is 41.6 Å². The first-order valence-electron chi connectivity index (χ1n) is 6.29. The Morgan fingerprint density at radius 1 is 1.10 bits per heavy atom. The predicted octanol–water partition coefficient (Wildman–Crippen LogP) is 5.07. The molecular weight excluding hydrogens is 342 g/mol. The molecule has 7 heteroatoms. The van der Waals surface area contributed by atoms with E-state index in [2.05, 4.69) is 15.2 Å². The molecule has 108 valence electrons. The number of nitrogens with zero attached hydrogens (tertiary/aromatic N) is 2. The van der Waals surface area contributed by atoms with Crippen LogP contribution in [-0.2, 0) is 0 Å². The molecule has 1 aromatic carbocycles. The zero-order valence-electron chi connectivity index (χ0n) is 11.0. The molecule has 0 fully saturated rings. The maximum absolute atomic E-state index is 5.87. The Hall–Kier alpha value is -0.950. The Labute approximate surface area is 140 Å². The number of aromatic amines is 1. The summed E-state index contributed by atoms with van der Waals surface area (Å²) in [5, 5.41) is 10.8. The molecule has 0 bridgehead atoms. The van der Waals surface area contributed by atoms with Gasteiger partial charge in [0.05, 0.1) is 4.88 Å². The molecule has 0 unspecified atom stereocenters. The van der Waals surface area contributed by atoms with Gasteiger partial charge in [-0.2, -0.15) is 0 Å². The standard InChI is InChI=1S/C14H12ClN3S3/c15-10-3-5-11(6-4-10)19-8-9-21-14-16-13(17-18-14)12-2-1-7-20-12/h1-7H,8-9H2,(H,16,17,18). The lowest BCUT2D eigenvalue weighted by Crippen LogP contribution is -1.85. The quantitative estimate of drug-likeness (QED) is 0.496. The van der Waals surface area contributed by atoms with Crippen LogP contribution in [0.2, 0.25) is 5.02 Å². The highest BCUT2D eigenvalue weighted by Gasteiger charge is 2.06. The zero-order valence-corrected chi connectivity index (χ0v) is 14.2. The number of hydrogen-bond donors (Lipinski definition) is 1. The van der Waals surface area contributed by atoms with E-state index >= 15 is 0 Å². The molecule has 3 aromatic rings. The first kappa shape index (κ1) is 15.0. The average molecular weight is 354 g/mol. The molecule has 0 aliphatic heterocycles. The maximum atomic E-state index is 5.87. The number of aromatic nitrogens is 3. The molecule has 0 atom stereocenters. The van der Waals surface area contributed by atoms with E-state index in [4.69, 9.17) is 11.6 Å². The van der Waals surface area contributed by atoms with Gasteiger partial charge < -0.3 is 0 Å². The van der Waals surface area contributed by atoms with Crippen LogP contribution in [0.15, 0.2) is 51.8 Å². The van der Waals surface area contributed by atoms with Crippen LogP contribution in [0.1, 0.15) is 0 Å². The third kappa shape index (κ3) is 4.26. The number of halogens is 1. The van der Waals surface area contributed by atoms with Gasteiger partial charge in [-0.3, -0.25) is 5.10 Å². The van der Waals surface area contributed by atoms with Crippen LogP contribution in [0, 0.1) is 0 Å². The number of rotatable bonds is 6. The summed E-state index contributed by atoms with van der Waals surface area (Å²) < 4.78 is 0. The van der Waals surface area contributed by atoms with Crippen molar-refractivity contribution in [2.45, 2.75) is 10.1 Å². The average Bonchev–Trinajstić information content (AvgIpc) is 3.16. The van der Waals surface area contributed by atoms with E-state index in [1.54, 1.807) is 23.1 Å². The van der Waals surface area contributed by atoms with Gasteiger partial charge in [0.2, 0.25) is 5.16 Å². The van der Waals surface area contributed by atoms with Crippen molar-refractivity contribution >= 4 is 46.5 Å². The van der Waals surface area contributed by atoms with Crippen molar-refractivity contribution in [2.24, 2.45) is 0 Å². The van der Waals surface area contributed by atoms with Gasteiger partial charge in [-0.1, -0.05) is 29.4 Å². The number of hydrogen-bond acceptors (Lipinski definition) is 5. The van der Waals surface area contributed by atoms with Crippen molar-refractivity contribution in [3.05, 3.63) is 46.8 Å². The van der Waals surface area contributed by atoms with E-state index in [1.165, 1.54) is 4.90 Å². The first-order chi connectivity index (χ1) is 10.3. The third-order valence-electron chi connectivity index (χ3n) is 2.62. The molecule has 0 amide bonds. The lowest BCUT2D eigenvalue weighted by Gasteiger charge is -2.00. The molecule has 0 radical (unpaired) electrons. The molecule has 2 aromatic heterocycles. The highest BCUT2D eigenvalue weighted by atomic mass is 35.5. The fourth-order valence-corrected chi connectivity index (χ4v) is 4.13. The maximum Gasteiger partial charge on any atom is 0.208 e. The minimum Gasteiger partial charge on any atom is -0.257 e. The molecule has 21 heavy (non-hydrogen) atoms. The van der Waals surface area contributed by atoms with E-state index in [-0.39, 0.29) is 0 Å². The molecule has 3 rings (SSSR count). The van der Waals surface area contributed by atoms with Gasteiger partial charge >= 0.3 is 0 Å². The second-order valence-electron chi connectivity index (χ2n) is 4.09. The molecule has 0 aliphatic carbocycles. The molecule has 0 spiro atoms. The summed E-state index contributed by atoms with van der Waals surface area (Å²) in [4.78, 5) is 6.84. The Morgan fingerprint density at radius 2 is 1.90 bits per heavy atom. The summed E-state index contributed by atoms with van der Waals surface area (Å²) in [7, 11) is 0. The van der Waals surface area contributed by atoms with E-state index in [1.807, 2.05) is 53.5 Å². The van der Waals surface area contributed by atoms with E-state index in [9.17, 15) is 0 Å². The Morgan fingerprint density at radius 3 is 2.67 bits per heavy atom. The zero-order chi connectivity index (χ0) is 14.5. The number of thioether (sulfide) groups is 2. The Balaban J connectivity index is 1.46. The van der Waals surface area contributed by atoms with Crippen molar-refractivity contribution in [1.82, 2.24) is 15.2 Å². The fourth-order valence-electron chi connectivity index (χ4n) is 1.66. The monoisotopic (exact) mass is 353 g/mol. The molecule has 0 saturated carbocycles. The van der Waals surface area contributed by atoms with Crippen molar-refractivity contribution in [1.29, 1.82) is 0 Å². The van der Waals surface area contributed by atoms with Gasteiger partial charge in [0.25, 0.3) is 0 Å². The second kappa shape index (κ2) is 7.35. The largest absolute Gasteiger partial charge is 0.257 e. The number of thiophene rings is 1. The third-order valence-corrected chi connectivity index (χ3v) is 5.87. The molecule has 0 aliphatic rings. The normalized spacial score (nSPS) is 10.9. The summed E-state index contributed by atoms with van der Waals surface area (Å²) in [6.45, 7) is 0.